The normalized spacial score (nSPS) is 14.2. The van der Waals surface area contributed by atoms with Crippen LogP contribution >= 0.6 is 23.2 Å². The molecule has 6 nitrogen and oxygen atoms in total. The zero-order valence-electron chi connectivity index (χ0n) is 11.6. The number of rotatable bonds is 3. The van der Waals surface area contributed by atoms with Gasteiger partial charge < -0.3 is 10.2 Å². The topological polar surface area (TPSA) is 71.0 Å². The van der Waals surface area contributed by atoms with Crippen molar-refractivity contribution in [1.29, 1.82) is 0 Å². The van der Waals surface area contributed by atoms with E-state index < -0.39 is 5.91 Å². The first-order valence-electron chi connectivity index (χ1n) is 6.84. The summed E-state index contributed by atoms with van der Waals surface area (Å²) in [6.45, 7) is 1.77. The maximum absolute atomic E-state index is 12.3. The van der Waals surface area contributed by atoms with Crippen molar-refractivity contribution in [2.24, 2.45) is 0 Å². The Bertz CT molecular complexity index is 703. The molecule has 1 aliphatic rings. The number of hydrogen-bond acceptors (Lipinski definition) is 5. The van der Waals surface area contributed by atoms with Gasteiger partial charge in [0.25, 0.3) is 5.91 Å². The van der Waals surface area contributed by atoms with Crippen molar-refractivity contribution in [2.75, 3.05) is 23.3 Å². The van der Waals surface area contributed by atoms with Crippen molar-refractivity contribution < 1.29 is 4.79 Å². The summed E-state index contributed by atoms with van der Waals surface area (Å²) in [5.41, 5.74) is 0.125. The molecule has 1 saturated heterocycles. The third-order valence-corrected chi connectivity index (χ3v) is 3.81. The lowest BCUT2D eigenvalue weighted by Crippen LogP contribution is -2.23. The smallest absolute Gasteiger partial charge is 0.277 e. The molecule has 2 aromatic rings. The fourth-order valence-electron chi connectivity index (χ4n) is 2.24. The Morgan fingerprint density at radius 3 is 2.73 bits per heavy atom. The molecule has 0 saturated carbocycles. The molecule has 0 radical (unpaired) electrons. The number of nitrogens with one attached hydrogen (secondary N) is 1. The molecule has 0 bridgehead atoms. The summed E-state index contributed by atoms with van der Waals surface area (Å²) in [5.74, 6) is 0.420. The Morgan fingerprint density at radius 1 is 1.23 bits per heavy atom. The number of aromatic nitrogens is 3. The predicted molar refractivity (Wildman–Crippen MR) is 85.7 cm³/mol. The Morgan fingerprint density at radius 2 is 2.00 bits per heavy atom. The summed E-state index contributed by atoms with van der Waals surface area (Å²) in [6.07, 6.45) is 5.15. The highest BCUT2D eigenvalue weighted by Gasteiger charge is 2.20. The number of pyridine rings is 1. The molecule has 0 unspecified atom stereocenters. The fourth-order valence-corrected chi connectivity index (χ4v) is 2.57. The lowest BCUT2D eigenvalue weighted by atomic mass is 10.3. The van der Waals surface area contributed by atoms with E-state index in [0.29, 0.717) is 16.8 Å². The van der Waals surface area contributed by atoms with Crippen LogP contribution in [0.4, 0.5) is 11.8 Å². The number of nitrogens with zero attached hydrogens (tertiary/aromatic N) is 4. The highest BCUT2D eigenvalue weighted by molar-refractivity contribution is 6.34. The lowest BCUT2D eigenvalue weighted by molar-refractivity contribution is 0.102. The maximum Gasteiger partial charge on any atom is 0.277 e. The average molecular weight is 338 g/mol. The summed E-state index contributed by atoms with van der Waals surface area (Å²) in [7, 11) is 0. The van der Waals surface area contributed by atoms with Crippen LogP contribution in [0.25, 0.3) is 0 Å². The van der Waals surface area contributed by atoms with Crippen LogP contribution in [0.1, 0.15) is 23.3 Å². The SMILES string of the molecule is O=C(Nc1cc(Cl)ccn1)c1nc(N2CCCC2)ncc1Cl. The van der Waals surface area contributed by atoms with Gasteiger partial charge in [0.1, 0.15) is 5.82 Å². The van der Waals surface area contributed by atoms with Gasteiger partial charge in [0.15, 0.2) is 5.69 Å². The highest BCUT2D eigenvalue weighted by atomic mass is 35.5. The quantitative estimate of drug-likeness (QED) is 0.931. The van der Waals surface area contributed by atoms with Crippen molar-refractivity contribution >= 4 is 40.9 Å². The summed E-state index contributed by atoms with van der Waals surface area (Å²) < 4.78 is 0. The molecule has 22 heavy (non-hydrogen) atoms. The van der Waals surface area contributed by atoms with Crippen molar-refractivity contribution in [3.05, 3.63) is 40.3 Å². The molecule has 1 fully saturated rings. The summed E-state index contributed by atoms with van der Waals surface area (Å²) in [6, 6.07) is 3.18. The zero-order chi connectivity index (χ0) is 15.5. The van der Waals surface area contributed by atoms with Crippen LogP contribution in [-0.2, 0) is 0 Å². The first kappa shape index (κ1) is 15.0. The van der Waals surface area contributed by atoms with Gasteiger partial charge in [-0.1, -0.05) is 23.2 Å². The largest absolute Gasteiger partial charge is 0.341 e. The standard InChI is InChI=1S/C14H13Cl2N5O/c15-9-3-4-17-11(7-9)19-13(22)12-10(16)8-18-14(20-12)21-5-1-2-6-21/h3-4,7-8H,1-2,5-6H2,(H,17,19,22). The van der Waals surface area contributed by atoms with Crippen molar-refractivity contribution in [2.45, 2.75) is 12.8 Å². The maximum atomic E-state index is 12.3. The van der Waals surface area contributed by atoms with Gasteiger partial charge in [-0.05, 0) is 25.0 Å². The van der Waals surface area contributed by atoms with Crippen molar-refractivity contribution in [3.63, 3.8) is 0 Å². The molecule has 3 heterocycles. The van der Waals surface area contributed by atoms with Gasteiger partial charge >= 0.3 is 0 Å². The number of amides is 1. The molecular weight excluding hydrogens is 325 g/mol. The molecule has 114 valence electrons. The monoisotopic (exact) mass is 337 g/mol. The summed E-state index contributed by atoms with van der Waals surface area (Å²) in [4.78, 5) is 26.9. The third-order valence-electron chi connectivity index (χ3n) is 3.30. The second kappa shape index (κ2) is 6.46. The Kier molecular flexibility index (Phi) is 4.40. The molecule has 0 atom stereocenters. The number of carbonyl (C=O) groups is 1. The van der Waals surface area contributed by atoms with E-state index >= 15 is 0 Å². The Hall–Kier alpha value is -1.92. The van der Waals surface area contributed by atoms with E-state index in [1.807, 2.05) is 4.90 Å². The molecule has 0 aromatic carbocycles. The minimum Gasteiger partial charge on any atom is -0.341 e. The minimum absolute atomic E-state index is 0.125. The molecular formula is C14H13Cl2N5O. The van der Waals surface area contributed by atoms with Crippen LogP contribution in [0.3, 0.4) is 0 Å². The molecule has 0 spiro atoms. The van der Waals surface area contributed by atoms with Gasteiger partial charge in [0, 0.05) is 24.3 Å². The molecule has 3 rings (SSSR count). The van der Waals surface area contributed by atoms with Crippen molar-refractivity contribution in [3.8, 4) is 0 Å². The Labute approximate surface area is 137 Å². The number of anilines is 2. The summed E-state index contributed by atoms with van der Waals surface area (Å²) in [5, 5.41) is 3.31. The number of carbonyl (C=O) groups excluding carboxylic acids is 1. The van der Waals surface area contributed by atoms with Crippen molar-refractivity contribution in [1.82, 2.24) is 15.0 Å². The van der Waals surface area contributed by atoms with E-state index in [-0.39, 0.29) is 10.7 Å². The van der Waals surface area contributed by atoms with Crippen LogP contribution in [0.15, 0.2) is 24.5 Å². The van der Waals surface area contributed by atoms with E-state index in [9.17, 15) is 4.79 Å². The van der Waals surface area contributed by atoms with Gasteiger partial charge in [-0.2, -0.15) is 0 Å². The highest BCUT2D eigenvalue weighted by Crippen LogP contribution is 2.21. The lowest BCUT2D eigenvalue weighted by Gasteiger charge is -2.15. The van der Waals surface area contributed by atoms with Gasteiger partial charge in [-0.3, -0.25) is 4.79 Å². The van der Waals surface area contributed by atoms with Crippen LogP contribution in [0, 0.1) is 0 Å². The molecule has 0 aliphatic carbocycles. The first-order valence-corrected chi connectivity index (χ1v) is 7.59. The van der Waals surface area contributed by atoms with E-state index in [0.717, 1.165) is 25.9 Å². The second-order valence-electron chi connectivity index (χ2n) is 4.87. The van der Waals surface area contributed by atoms with Gasteiger partial charge in [0.05, 0.1) is 11.2 Å². The van der Waals surface area contributed by atoms with Crippen LogP contribution in [-0.4, -0.2) is 33.9 Å². The van der Waals surface area contributed by atoms with Crippen LogP contribution in [0.5, 0.6) is 0 Å². The van der Waals surface area contributed by atoms with E-state index in [1.165, 1.54) is 12.4 Å². The summed E-state index contributed by atoms with van der Waals surface area (Å²) >= 11 is 11.9. The molecule has 1 aliphatic heterocycles. The fraction of sp³-hybridized carbons (Fsp3) is 0.286. The average Bonchev–Trinajstić information content (AvgIpc) is 3.02. The minimum atomic E-state index is -0.442. The molecule has 1 amide bonds. The predicted octanol–water partition coefficient (Wildman–Crippen LogP) is 3.03. The van der Waals surface area contributed by atoms with E-state index in [4.69, 9.17) is 23.2 Å². The number of hydrogen-bond donors (Lipinski definition) is 1. The van der Waals surface area contributed by atoms with E-state index in [1.54, 1.807) is 12.1 Å². The third kappa shape index (κ3) is 3.28. The molecule has 1 N–H and O–H groups in total. The van der Waals surface area contributed by atoms with E-state index in [2.05, 4.69) is 20.3 Å². The van der Waals surface area contributed by atoms with Gasteiger partial charge in [-0.15, -0.1) is 0 Å². The Balaban J connectivity index is 1.83. The molecule has 8 heteroatoms. The first-order chi connectivity index (χ1) is 10.6. The van der Waals surface area contributed by atoms with Gasteiger partial charge in [-0.25, -0.2) is 15.0 Å². The van der Waals surface area contributed by atoms with Crippen LogP contribution < -0.4 is 10.2 Å². The van der Waals surface area contributed by atoms with Crippen LogP contribution in [0.2, 0.25) is 10.0 Å². The zero-order valence-corrected chi connectivity index (χ0v) is 13.1. The second-order valence-corrected chi connectivity index (χ2v) is 5.72. The molecule has 2 aromatic heterocycles. The van der Waals surface area contributed by atoms with Gasteiger partial charge in [0.2, 0.25) is 5.95 Å². The number of halogens is 2.